The largest absolute Gasteiger partial charge is 0.264 e. The van der Waals surface area contributed by atoms with Crippen molar-refractivity contribution in [2.24, 2.45) is 0 Å². The first-order valence-electron chi connectivity index (χ1n) is 7.41. The van der Waals surface area contributed by atoms with E-state index < -0.39 is 10.0 Å². The van der Waals surface area contributed by atoms with Gasteiger partial charge in [0.1, 0.15) is 0 Å². The average Bonchev–Trinajstić information content (AvgIpc) is 2.91. The highest BCUT2D eigenvalue weighted by Gasteiger charge is 2.31. The molecule has 1 aromatic heterocycles. The lowest BCUT2D eigenvalue weighted by Crippen LogP contribution is -2.37. The number of aromatic nitrogens is 2. The summed E-state index contributed by atoms with van der Waals surface area (Å²) in [5.41, 5.74) is 2.06. The molecule has 0 bridgehead atoms. The maximum Gasteiger partial charge on any atom is 0.243 e. The van der Waals surface area contributed by atoms with Crippen molar-refractivity contribution < 1.29 is 8.42 Å². The highest BCUT2D eigenvalue weighted by atomic mass is 32.2. The molecule has 1 aliphatic heterocycles. The minimum atomic E-state index is -3.43. The summed E-state index contributed by atoms with van der Waals surface area (Å²) in [7, 11) is -3.43. The van der Waals surface area contributed by atoms with E-state index >= 15 is 0 Å². The number of hydrogen-bond donors (Lipinski definition) is 0. The zero-order chi connectivity index (χ0) is 16.0. The van der Waals surface area contributed by atoms with Crippen molar-refractivity contribution in [3.05, 3.63) is 47.8 Å². The lowest BCUT2D eigenvalue weighted by atomic mass is 10.1. The molecule has 0 saturated carbocycles. The number of fused-ring (bicyclic) bond motifs is 1. The first kappa shape index (κ1) is 15.2. The third kappa shape index (κ3) is 2.57. The van der Waals surface area contributed by atoms with Gasteiger partial charge in [0.2, 0.25) is 10.0 Å². The van der Waals surface area contributed by atoms with Crippen molar-refractivity contribution in [2.45, 2.75) is 44.2 Å². The molecule has 0 fully saturated rings. The van der Waals surface area contributed by atoms with Crippen molar-refractivity contribution in [3.8, 4) is 0 Å². The van der Waals surface area contributed by atoms with Crippen LogP contribution in [0.5, 0.6) is 0 Å². The second-order valence-electron chi connectivity index (χ2n) is 6.60. The van der Waals surface area contributed by atoms with Gasteiger partial charge in [-0.05, 0) is 32.9 Å². The Morgan fingerprint density at radius 3 is 2.45 bits per heavy atom. The van der Waals surface area contributed by atoms with E-state index in [1.807, 2.05) is 10.7 Å². The molecule has 0 saturated heterocycles. The predicted molar refractivity (Wildman–Crippen MR) is 85.0 cm³/mol. The van der Waals surface area contributed by atoms with Gasteiger partial charge in [-0.25, -0.2) is 8.42 Å². The van der Waals surface area contributed by atoms with Crippen LogP contribution in [0.25, 0.3) is 0 Å². The molecule has 2 heterocycles. The van der Waals surface area contributed by atoms with Crippen LogP contribution in [0.2, 0.25) is 0 Å². The highest BCUT2D eigenvalue weighted by Crippen LogP contribution is 2.27. The minimum absolute atomic E-state index is 0.0892. The van der Waals surface area contributed by atoms with Gasteiger partial charge >= 0.3 is 0 Å². The second kappa shape index (κ2) is 5.21. The van der Waals surface area contributed by atoms with Gasteiger partial charge in [-0.3, -0.25) is 4.68 Å². The topological polar surface area (TPSA) is 55.2 Å². The van der Waals surface area contributed by atoms with E-state index in [-0.39, 0.29) is 5.54 Å². The Morgan fingerprint density at radius 1 is 1.14 bits per heavy atom. The van der Waals surface area contributed by atoms with Crippen LogP contribution in [0.4, 0.5) is 0 Å². The Balaban J connectivity index is 1.91. The van der Waals surface area contributed by atoms with Crippen LogP contribution in [0.1, 0.15) is 32.0 Å². The SMILES string of the molecule is CC(C)(C)n1ncc2c1CCN(S(=O)(=O)c1ccccc1)C2. The van der Waals surface area contributed by atoms with Crippen molar-refractivity contribution in [3.63, 3.8) is 0 Å². The molecule has 0 radical (unpaired) electrons. The molecular formula is C16H21N3O2S. The van der Waals surface area contributed by atoms with E-state index in [4.69, 9.17) is 0 Å². The first-order chi connectivity index (χ1) is 10.3. The van der Waals surface area contributed by atoms with Crippen molar-refractivity contribution >= 4 is 10.0 Å². The van der Waals surface area contributed by atoms with E-state index in [9.17, 15) is 8.42 Å². The van der Waals surface area contributed by atoms with Gasteiger partial charge in [-0.1, -0.05) is 18.2 Å². The molecule has 0 N–H and O–H groups in total. The molecule has 0 aliphatic carbocycles. The third-order valence-electron chi connectivity index (χ3n) is 3.92. The van der Waals surface area contributed by atoms with Gasteiger partial charge in [0, 0.05) is 30.8 Å². The van der Waals surface area contributed by atoms with Crippen LogP contribution < -0.4 is 0 Å². The molecule has 0 unspecified atom stereocenters. The number of hydrogen-bond acceptors (Lipinski definition) is 3. The van der Waals surface area contributed by atoms with E-state index in [1.165, 1.54) is 0 Å². The zero-order valence-corrected chi connectivity index (χ0v) is 14.0. The zero-order valence-electron chi connectivity index (χ0n) is 13.2. The molecule has 118 valence electrons. The normalized spacial score (nSPS) is 16.5. The molecule has 2 aromatic rings. The van der Waals surface area contributed by atoms with Crippen LogP contribution in [0, 0.1) is 0 Å². The number of rotatable bonds is 2. The Hall–Kier alpha value is -1.66. The molecule has 22 heavy (non-hydrogen) atoms. The van der Waals surface area contributed by atoms with E-state index in [0.29, 0.717) is 24.4 Å². The van der Waals surface area contributed by atoms with Crippen molar-refractivity contribution in [2.75, 3.05) is 6.54 Å². The Kier molecular flexibility index (Phi) is 3.61. The van der Waals surface area contributed by atoms with E-state index in [1.54, 1.807) is 34.8 Å². The van der Waals surface area contributed by atoms with Gasteiger partial charge in [0.05, 0.1) is 16.6 Å². The molecule has 0 atom stereocenters. The fourth-order valence-corrected chi connectivity index (χ4v) is 4.27. The smallest absolute Gasteiger partial charge is 0.243 e. The summed E-state index contributed by atoms with van der Waals surface area (Å²) in [6.07, 6.45) is 2.49. The van der Waals surface area contributed by atoms with Crippen LogP contribution in [-0.2, 0) is 28.5 Å². The molecule has 5 nitrogen and oxygen atoms in total. The highest BCUT2D eigenvalue weighted by molar-refractivity contribution is 7.89. The summed E-state index contributed by atoms with van der Waals surface area (Å²) in [6, 6.07) is 8.60. The summed E-state index contributed by atoms with van der Waals surface area (Å²) in [5, 5.41) is 4.45. The summed E-state index contributed by atoms with van der Waals surface area (Å²) in [4.78, 5) is 0.349. The van der Waals surface area contributed by atoms with Crippen LogP contribution in [0.15, 0.2) is 41.4 Å². The molecule has 0 amide bonds. The molecule has 3 rings (SSSR count). The second-order valence-corrected chi connectivity index (χ2v) is 8.54. The molecule has 1 aliphatic rings. The van der Waals surface area contributed by atoms with Crippen molar-refractivity contribution in [1.29, 1.82) is 0 Å². The Bertz CT molecular complexity index is 773. The quantitative estimate of drug-likeness (QED) is 0.854. The summed E-state index contributed by atoms with van der Waals surface area (Å²) >= 11 is 0. The Morgan fingerprint density at radius 2 is 1.82 bits per heavy atom. The average molecular weight is 319 g/mol. The van der Waals surface area contributed by atoms with Crippen LogP contribution in [-0.4, -0.2) is 29.0 Å². The summed E-state index contributed by atoms with van der Waals surface area (Å²) < 4.78 is 28.9. The fourth-order valence-electron chi connectivity index (χ4n) is 2.83. The van der Waals surface area contributed by atoms with Gasteiger partial charge in [-0.15, -0.1) is 0 Å². The first-order valence-corrected chi connectivity index (χ1v) is 8.85. The predicted octanol–water partition coefficient (Wildman–Crippen LogP) is 2.39. The van der Waals surface area contributed by atoms with Crippen LogP contribution >= 0.6 is 0 Å². The maximum atomic E-state index is 12.7. The van der Waals surface area contributed by atoms with Crippen molar-refractivity contribution in [1.82, 2.24) is 14.1 Å². The lowest BCUT2D eigenvalue weighted by Gasteiger charge is -2.29. The van der Waals surface area contributed by atoms with Gasteiger partial charge in [0.25, 0.3) is 0 Å². The standard InChI is InChI=1S/C16H21N3O2S/c1-16(2,3)19-15-9-10-18(12-13(15)11-17-19)22(20,21)14-7-5-4-6-8-14/h4-8,11H,9-10,12H2,1-3H3. The monoisotopic (exact) mass is 319 g/mol. The number of nitrogens with zero attached hydrogens (tertiary/aromatic N) is 3. The van der Waals surface area contributed by atoms with Gasteiger partial charge in [-0.2, -0.15) is 9.40 Å². The van der Waals surface area contributed by atoms with Crippen LogP contribution in [0.3, 0.4) is 0 Å². The lowest BCUT2D eigenvalue weighted by molar-refractivity contribution is 0.325. The maximum absolute atomic E-state index is 12.7. The fraction of sp³-hybridized carbons (Fsp3) is 0.438. The van der Waals surface area contributed by atoms with Gasteiger partial charge in [0.15, 0.2) is 0 Å². The van der Waals surface area contributed by atoms with Gasteiger partial charge < -0.3 is 0 Å². The molecule has 0 spiro atoms. The number of benzene rings is 1. The third-order valence-corrected chi connectivity index (χ3v) is 5.78. The molecular weight excluding hydrogens is 298 g/mol. The summed E-state index contributed by atoms with van der Waals surface area (Å²) in [5.74, 6) is 0. The number of sulfonamides is 1. The molecule has 1 aromatic carbocycles. The van der Waals surface area contributed by atoms with E-state index in [0.717, 1.165) is 11.3 Å². The summed E-state index contributed by atoms with van der Waals surface area (Å²) in [6.45, 7) is 7.20. The van der Waals surface area contributed by atoms with E-state index in [2.05, 4.69) is 25.9 Å². The molecule has 6 heteroatoms. The Labute approximate surface area is 131 Å². The minimum Gasteiger partial charge on any atom is -0.264 e.